The highest BCUT2D eigenvalue weighted by Crippen LogP contribution is 2.35. The van der Waals surface area contributed by atoms with Crippen LogP contribution in [0.15, 0.2) is 109 Å². The predicted molar refractivity (Wildman–Crippen MR) is 236 cm³/mol. The lowest BCUT2D eigenvalue weighted by Gasteiger charge is -2.32. The van der Waals surface area contributed by atoms with Crippen LogP contribution in [-0.4, -0.2) is 138 Å². The summed E-state index contributed by atoms with van der Waals surface area (Å²) < 4.78 is 23.7. The van der Waals surface area contributed by atoms with E-state index in [-0.39, 0.29) is 24.4 Å². The quantitative estimate of drug-likeness (QED) is 0.0752. The molecule has 2 saturated heterocycles. The fourth-order valence-electron chi connectivity index (χ4n) is 7.61. The van der Waals surface area contributed by atoms with Crippen LogP contribution >= 0.6 is 0 Å². The molecule has 312 valence electrons. The molecule has 59 heavy (non-hydrogen) atoms. The highest BCUT2D eigenvalue weighted by Gasteiger charge is 2.43. The molecule has 0 aromatic heterocycles. The average Bonchev–Trinajstić information content (AvgIpc) is 3.27. The SMILES string of the molecule is COc1cc(/C=C/C(=O)C(Cc2ccccc2)(Cc2ccccc2)C(=O)/C=C/c2ccc(OCCN3CCN(C)CC3)c(OC)c2)ccc1OCCN1CCN(C)CC1. The number of rotatable bonds is 20. The van der Waals surface area contributed by atoms with Crippen LogP contribution in [0.5, 0.6) is 23.0 Å². The molecule has 0 saturated carbocycles. The van der Waals surface area contributed by atoms with E-state index in [4.69, 9.17) is 18.9 Å². The van der Waals surface area contributed by atoms with Crippen molar-refractivity contribution >= 4 is 23.7 Å². The molecule has 2 aliphatic heterocycles. The lowest BCUT2D eigenvalue weighted by Crippen LogP contribution is -2.45. The molecule has 0 radical (unpaired) electrons. The lowest BCUT2D eigenvalue weighted by atomic mass is 9.69. The van der Waals surface area contributed by atoms with Gasteiger partial charge in [-0.1, -0.05) is 84.9 Å². The molecule has 2 aliphatic rings. The van der Waals surface area contributed by atoms with Crippen LogP contribution in [0.3, 0.4) is 0 Å². The van der Waals surface area contributed by atoms with Gasteiger partial charge in [0.1, 0.15) is 18.6 Å². The summed E-state index contributed by atoms with van der Waals surface area (Å²) in [6, 6.07) is 30.8. The summed E-state index contributed by atoms with van der Waals surface area (Å²) in [5.41, 5.74) is 1.88. The van der Waals surface area contributed by atoms with E-state index in [0.29, 0.717) is 36.2 Å². The average molecular weight is 801 g/mol. The van der Waals surface area contributed by atoms with E-state index in [1.807, 2.05) is 97.1 Å². The summed E-state index contributed by atoms with van der Waals surface area (Å²) in [6.45, 7) is 11.1. The van der Waals surface area contributed by atoms with Crippen LogP contribution in [-0.2, 0) is 22.4 Å². The number of nitrogens with zero attached hydrogens (tertiary/aromatic N) is 4. The summed E-state index contributed by atoms with van der Waals surface area (Å²) in [6.07, 6.45) is 7.04. The van der Waals surface area contributed by atoms with Crippen molar-refractivity contribution in [3.05, 3.63) is 131 Å². The zero-order chi connectivity index (χ0) is 41.5. The number of methoxy groups -OCH3 is 2. The molecular formula is C49H60N4O6. The van der Waals surface area contributed by atoms with Crippen molar-refractivity contribution in [1.29, 1.82) is 0 Å². The van der Waals surface area contributed by atoms with Crippen molar-refractivity contribution in [2.24, 2.45) is 5.41 Å². The van der Waals surface area contributed by atoms with Crippen molar-refractivity contribution < 1.29 is 28.5 Å². The maximum absolute atomic E-state index is 14.8. The molecule has 2 fully saturated rings. The number of hydrogen-bond acceptors (Lipinski definition) is 10. The Hall–Kier alpha value is -5.26. The molecule has 0 unspecified atom stereocenters. The first-order valence-electron chi connectivity index (χ1n) is 20.7. The third-order valence-electron chi connectivity index (χ3n) is 11.4. The van der Waals surface area contributed by atoms with Gasteiger partial charge in [-0.2, -0.15) is 0 Å². The Kier molecular flexibility index (Phi) is 15.9. The summed E-state index contributed by atoms with van der Waals surface area (Å²) in [5.74, 6) is 1.89. The van der Waals surface area contributed by atoms with E-state index in [9.17, 15) is 9.59 Å². The molecule has 0 bridgehead atoms. The second-order valence-electron chi connectivity index (χ2n) is 15.6. The molecule has 4 aromatic carbocycles. The molecule has 0 spiro atoms. The normalized spacial score (nSPS) is 16.1. The fraction of sp³-hybridized carbons (Fsp3) is 0.388. The molecule has 0 aliphatic carbocycles. The number of likely N-dealkylation sites (N-methyl/N-ethyl adjacent to an activating group) is 2. The van der Waals surface area contributed by atoms with Crippen LogP contribution in [0.1, 0.15) is 22.3 Å². The Morgan fingerprint density at radius 3 is 1.31 bits per heavy atom. The second kappa shape index (κ2) is 21.7. The minimum atomic E-state index is -1.43. The summed E-state index contributed by atoms with van der Waals surface area (Å²) >= 11 is 0. The molecule has 0 amide bonds. The molecule has 2 heterocycles. The first-order chi connectivity index (χ1) is 28.7. The van der Waals surface area contributed by atoms with Gasteiger partial charge in [0.25, 0.3) is 0 Å². The number of carbonyl (C=O) groups is 2. The summed E-state index contributed by atoms with van der Waals surface area (Å²) in [5, 5.41) is 0. The number of hydrogen-bond donors (Lipinski definition) is 0. The van der Waals surface area contributed by atoms with Crippen molar-refractivity contribution in [3.63, 3.8) is 0 Å². The molecule has 0 N–H and O–H groups in total. The first kappa shape index (κ1) is 43.3. The van der Waals surface area contributed by atoms with Crippen LogP contribution in [0.2, 0.25) is 0 Å². The minimum Gasteiger partial charge on any atom is -0.493 e. The standard InChI is InChI=1S/C49H60N4O6/c1-50-23-27-52(28-24-50)31-33-58-43-19-15-39(35-45(43)56-3)17-21-47(54)49(37-41-11-7-5-8-12-41,38-42-13-9-6-10-14-42)48(55)22-18-40-16-20-44(46(36-40)57-4)59-34-32-53-29-25-51(2)26-30-53/h5-22,35-36H,23-34,37-38H2,1-4H3/b21-17+,22-18+. The zero-order valence-electron chi connectivity index (χ0n) is 35.2. The van der Waals surface area contributed by atoms with Crippen molar-refractivity contribution in [2.45, 2.75) is 12.8 Å². The molecular weight excluding hydrogens is 741 g/mol. The summed E-state index contributed by atoms with van der Waals surface area (Å²) in [4.78, 5) is 39.0. The number of carbonyl (C=O) groups excluding carboxylic acids is 2. The van der Waals surface area contributed by atoms with Crippen molar-refractivity contribution in [1.82, 2.24) is 19.6 Å². The highest BCUT2D eigenvalue weighted by atomic mass is 16.5. The van der Waals surface area contributed by atoms with Gasteiger partial charge in [-0.25, -0.2) is 0 Å². The summed E-state index contributed by atoms with van der Waals surface area (Å²) in [7, 11) is 7.52. The van der Waals surface area contributed by atoms with E-state index in [1.54, 1.807) is 26.4 Å². The van der Waals surface area contributed by atoms with Crippen LogP contribution in [0, 0.1) is 5.41 Å². The Labute approximate surface area is 350 Å². The van der Waals surface area contributed by atoms with Gasteiger partial charge < -0.3 is 28.7 Å². The number of allylic oxidation sites excluding steroid dienone is 2. The highest BCUT2D eigenvalue weighted by molar-refractivity contribution is 6.17. The molecule has 10 heteroatoms. The topological polar surface area (TPSA) is 84.0 Å². The van der Waals surface area contributed by atoms with Gasteiger partial charge in [0, 0.05) is 65.4 Å². The largest absolute Gasteiger partial charge is 0.493 e. The van der Waals surface area contributed by atoms with E-state index in [1.165, 1.54) is 12.2 Å². The van der Waals surface area contributed by atoms with Crippen LogP contribution < -0.4 is 18.9 Å². The Balaban J connectivity index is 1.22. The van der Waals surface area contributed by atoms with Gasteiger partial charge in [-0.15, -0.1) is 0 Å². The minimum absolute atomic E-state index is 0.224. The third kappa shape index (κ3) is 12.4. The Morgan fingerprint density at radius 1 is 0.542 bits per heavy atom. The van der Waals surface area contributed by atoms with Crippen LogP contribution in [0.25, 0.3) is 12.2 Å². The van der Waals surface area contributed by atoms with Gasteiger partial charge in [-0.05, 0) is 85.6 Å². The zero-order valence-corrected chi connectivity index (χ0v) is 35.2. The molecule has 6 rings (SSSR count). The van der Waals surface area contributed by atoms with Gasteiger partial charge in [0.05, 0.1) is 14.2 Å². The second-order valence-corrected chi connectivity index (χ2v) is 15.6. The van der Waals surface area contributed by atoms with E-state index >= 15 is 0 Å². The maximum Gasteiger partial charge on any atom is 0.170 e. The number of ketones is 2. The predicted octanol–water partition coefficient (Wildman–Crippen LogP) is 6.29. The third-order valence-corrected chi connectivity index (χ3v) is 11.4. The fourth-order valence-corrected chi connectivity index (χ4v) is 7.61. The first-order valence-corrected chi connectivity index (χ1v) is 20.7. The number of piperazine rings is 2. The monoisotopic (exact) mass is 800 g/mol. The Morgan fingerprint density at radius 2 is 0.932 bits per heavy atom. The van der Waals surface area contributed by atoms with Crippen molar-refractivity contribution in [3.8, 4) is 23.0 Å². The van der Waals surface area contributed by atoms with Crippen LogP contribution in [0.4, 0.5) is 0 Å². The van der Waals surface area contributed by atoms with Crippen molar-refractivity contribution in [2.75, 3.05) is 107 Å². The molecule has 4 aromatic rings. The van der Waals surface area contributed by atoms with E-state index in [2.05, 4.69) is 33.7 Å². The van der Waals surface area contributed by atoms with Gasteiger partial charge >= 0.3 is 0 Å². The lowest BCUT2D eigenvalue weighted by molar-refractivity contribution is -0.135. The van der Waals surface area contributed by atoms with E-state index in [0.717, 1.165) is 87.7 Å². The smallest absolute Gasteiger partial charge is 0.170 e. The van der Waals surface area contributed by atoms with Gasteiger partial charge in [-0.3, -0.25) is 19.4 Å². The number of ether oxygens (including phenoxy) is 4. The van der Waals surface area contributed by atoms with Gasteiger partial charge in [0.2, 0.25) is 0 Å². The van der Waals surface area contributed by atoms with E-state index < -0.39 is 5.41 Å². The molecule has 0 atom stereocenters. The maximum atomic E-state index is 14.8. The van der Waals surface area contributed by atoms with Gasteiger partial charge in [0.15, 0.2) is 34.6 Å². The molecule has 10 nitrogen and oxygen atoms in total. The Bertz CT molecular complexity index is 1860. The number of benzene rings is 4.